The van der Waals surface area contributed by atoms with Crippen molar-refractivity contribution in [1.82, 2.24) is 9.78 Å². The maximum absolute atomic E-state index is 12.4. The zero-order chi connectivity index (χ0) is 15.3. The van der Waals surface area contributed by atoms with E-state index in [4.69, 9.17) is 16.0 Å². The molecule has 108 valence electrons. The normalized spacial score (nSPS) is 11.2. The van der Waals surface area contributed by atoms with Crippen LogP contribution in [0.5, 0.6) is 5.75 Å². The fraction of sp³-hybridized carbons (Fsp3) is 0.200. The Morgan fingerprint density at radius 2 is 2.00 bits per heavy atom. The van der Waals surface area contributed by atoms with Gasteiger partial charge < -0.3 is 9.52 Å². The monoisotopic (exact) mass is 304 g/mol. The Kier molecular flexibility index (Phi) is 3.02. The van der Waals surface area contributed by atoms with Gasteiger partial charge in [0.1, 0.15) is 17.0 Å². The van der Waals surface area contributed by atoms with E-state index < -0.39 is 0 Å². The standard InChI is InChI=1S/C15H13ClN2O3/c1-7-14(19)13(15(20)18(3)17-7)12-8(2)21-11-6-9(16)4-5-10(11)12/h4-6,19H,1-3H3. The van der Waals surface area contributed by atoms with Crippen LogP contribution in [0.4, 0.5) is 0 Å². The number of aromatic nitrogens is 2. The highest BCUT2D eigenvalue weighted by Gasteiger charge is 2.22. The average molecular weight is 305 g/mol. The molecule has 0 saturated heterocycles. The van der Waals surface area contributed by atoms with Crippen LogP contribution >= 0.6 is 11.6 Å². The highest BCUT2D eigenvalue weighted by molar-refractivity contribution is 6.31. The summed E-state index contributed by atoms with van der Waals surface area (Å²) in [5.41, 5.74) is 1.36. The molecule has 0 aliphatic rings. The molecule has 3 rings (SSSR count). The third-order valence-electron chi connectivity index (χ3n) is 3.47. The van der Waals surface area contributed by atoms with Gasteiger partial charge in [-0.05, 0) is 26.0 Å². The van der Waals surface area contributed by atoms with Crippen LogP contribution in [-0.4, -0.2) is 14.9 Å². The van der Waals surface area contributed by atoms with Gasteiger partial charge >= 0.3 is 0 Å². The SMILES string of the molecule is Cc1nn(C)c(=O)c(-c2c(C)oc3cc(Cl)ccc23)c1O. The Balaban J connectivity index is 2.47. The Hall–Kier alpha value is -2.27. The van der Waals surface area contributed by atoms with Gasteiger partial charge in [-0.15, -0.1) is 0 Å². The summed E-state index contributed by atoms with van der Waals surface area (Å²) in [6.45, 7) is 3.39. The average Bonchev–Trinajstić information content (AvgIpc) is 2.73. The molecule has 21 heavy (non-hydrogen) atoms. The first-order valence-corrected chi connectivity index (χ1v) is 6.74. The molecule has 0 radical (unpaired) electrons. The van der Waals surface area contributed by atoms with Gasteiger partial charge in [0.05, 0.1) is 5.56 Å². The summed E-state index contributed by atoms with van der Waals surface area (Å²) in [6.07, 6.45) is 0. The van der Waals surface area contributed by atoms with Gasteiger partial charge in [-0.2, -0.15) is 5.10 Å². The van der Waals surface area contributed by atoms with E-state index in [2.05, 4.69) is 5.10 Å². The molecular formula is C15H13ClN2O3. The van der Waals surface area contributed by atoms with Crippen LogP contribution in [0.2, 0.25) is 5.02 Å². The zero-order valence-corrected chi connectivity index (χ0v) is 12.5. The molecule has 0 bridgehead atoms. The second-order valence-electron chi connectivity index (χ2n) is 4.91. The summed E-state index contributed by atoms with van der Waals surface area (Å²) in [5, 5.41) is 15.5. The van der Waals surface area contributed by atoms with E-state index in [0.29, 0.717) is 27.6 Å². The molecule has 0 aliphatic heterocycles. The second kappa shape index (κ2) is 4.63. The van der Waals surface area contributed by atoms with Crippen molar-refractivity contribution in [3.63, 3.8) is 0 Å². The largest absolute Gasteiger partial charge is 0.505 e. The Labute approximate surface area is 125 Å². The van der Waals surface area contributed by atoms with Crippen LogP contribution in [0.1, 0.15) is 11.5 Å². The van der Waals surface area contributed by atoms with Crippen LogP contribution in [0.3, 0.4) is 0 Å². The molecule has 0 unspecified atom stereocenters. The summed E-state index contributed by atoms with van der Waals surface area (Å²) in [5.74, 6) is 0.420. The van der Waals surface area contributed by atoms with Crippen molar-refractivity contribution in [3.8, 4) is 16.9 Å². The molecule has 0 atom stereocenters. The predicted molar refractivity (Wildman–Crippen MR) is 80.8 cm³/mol. The molecular weight excluding hydrogens is 292 g/mol. The number of nitrogens with zero attached hydrogens (tertiary/aromatic N) is 2. The summed E-state index contributed by atoms with van der Waals surface area (Å²) in [6, 6.07) is 5.18. The minimum absolute atomic E-state index is 0.126. The third-order valence-corrected chi connectivity index (χ3v) is 3.70. The van der Waals surface area contributed by atoms with Gasteiger partial charge in [-0.3, -0.25) is 4.79 Å². The molecule has 1 aromatic carbocycles. The Bertz CT molecular complexity index is 925. The quantitative estimate of drug-likeness (QED) is 0.750. The summed E-state index contributed by atoms with van der Waals surface area (Å²) in [4.78, 5) is 12.4. The predicted octanol–water partition coefficient (Wildman–Crippen LogP) is 3.17. The number of aryl methyl sites for hydroxylation is 3. The van der Waals surface area contributed by atoms with Gasteiger partial charge in [-0.1, -0.05) is 11.6 Å². The molecule has 0 saturated carbocycles. The van der Waals surface area contributed by atoms with Crippen molar-refractivity contribution in [1.29, 1.82) is 0 Å². The number of halogens is 1. The lowest BCUT2D eigenvalue weighted by Crippen LogP contribution is -2.22. The number of hydrogen-bond acceptors (Lipinski definition) is 4. The first-order valence-electron chi connectivity index (χ1n) is 6.36. The van der Waals surface area contributed by atoms with E-state index in [-0.39, 0.29) is 16.9 Å². The number of rotatable bonds is 1. The van der Waals surface area contributed by atoms with Gasteiger partial charge in [-0.25, -0.2) is 4.68 Å². The van der Waals surface area contributed by atoms with Gasteiger partial charge in [0.25, 0.3) is 5.56 Å². The van der Waals surface area contributed by atoms with Crippen molar-refractivity contribution in [2.75, 3.05) is 0 Å². The fourth-order valence-corrected chi connectivity index (χ4v) is 2.65. The van der Waals surface area contributed by atoms with Crippen molar-refractivity contribution in [2.24, 2.45) is 7.05 Å². The van der Waals surface area contributed by atoms with Gasteiger partial charge in [0.15, 0.2) is 5.75 Å². The van der Waals surface area contributed by atoms with E-state index in [1.807, 2.05) is 0 Å². The number of benzene rings is 1. The van der Waals surface area contributed by atoms with Crippen molar-refractivity contribution >= 4 is 22.6 Å². The second-order valence-corrected chi connectivity index (χ2v) is 5.35. The lowest BCUT2D eigenvalue weighted by molar-refractivity contribution is 0.460. The van der Waals surface area contributed by atoms with E-state index in [0.717, 1.165) is 5.39 Å². The first kappa shape index (κ1) is 13.7. The molecule has 2 aromatic heterocycles. The van der Waals surface area contributed by atoms with Crippen LogP contribution in [-0.2, 0) is 7.05 Å². The Morgan fingerprint density at radius 3 is 2.71 bits per heavy atom. The molecule has 0 amide bonds. The van der Waals surface area contributed by atoms with E-state index in [1.165, 1.54) is 4.68 Å². The molecule has 0 spiro atoms. The minimum atomic E-state index is -0.376. The molecule has 3 aromatic rings. The van der Waals surface area contributed by atoms with Gasteiger partial charge in [0.2, 0.25) is 0 Å². The van der Waals surface area contributed by atoms with Crippen LogP contribution in [0.15, 0.2) is 27.4 Å². The van der Waals surface area contributed by atoms with Crippen LogP contribution in [0.25, 0.3) is 22.1 Å². The molecule has 0 aliphatic carbocycles. The van der Waals surface area contributed by atoms with Crippen molar-refractivity contribution in [2.45, 2.75) is 13.8 Å². The van der Waals surface area contributed by atoms with Crippen LogP contribution in [0, 0.1) is 13.8 Å². The number of fused-ring (bicyclic) bond motifs is 1. The third kappa shape index (κ3) is 2.01. The summed E-state index contributed by atoms with van der Waals surface area (Å²) < 4.78 is 6.87. The smallest absolute Gasteiger partial charge is 0.278 e. The highest BCUT2D eigenvalue weighted by atomic mass is 35.5. The van der Waals surface area contributed by atoms with E-state index >= 15 is 0 Å². The molecule has 1 N–H and O–H groups in total. The van der Waals surface area contributed by atoms with E-state index in [9.17, 15) is 9.90 Å². The maximum atomic E-state index is 12.4. The minimum Gasteiger partial charge on any atom is -0.505 e. The van der Waals surface area contributed by atoms with Crippen molar-refractivity contribution < 1.29 is 9.52 Å². The topological polar surface area (TPSA) is 68.3 Å². The van der Waals surface area contributed by atoms with Crippen molar-refractivity contribution in [3.05, 3.63) is 45.0 Å². The fourth-order valence-electron chi connectivity index (χ4n) is 2.49. The molecule has 0 fully saturated rings. The molecule has 6 heteroatoms. The van der Waals surface area contributed by atoms with Gasteiger partial charge in [0, 0.05) is 29.1 Å². The lowest BCUT2D eigenvalue weighted by Gasteiger charge is -2.08. The Morgan fingerprint density at radius 1 is 1.29 bits per heavy atom. The number of aromatic hydroxyl groups is 1. The first-order chi connectivity index (χ1) is 9.90. The number of hydrogen-bond donors (Lipinski definition) is 1. The zero-order valence-electron chi connectivity index (χ0n) is 11.8. The van der Waals surface area contributed by atoms with E-state index in [1.54, 1.807) is 39.1 Å². The number of furan rings is 1. The van der Waals surface area contributed by atoms with Crippen LogP contribution < -0.4 is 5.56 Å². The lowest BCUT2D eigenvalue weighted by atomic mass is 10.0. The molecule has 2 heterocycles. The molecule has 5 nitrogen and oxygen atoms in total. The summed E-state index contributed by atoms with van der Waals surface area (Å²) in [7, 11) is 1.55. The highest BCUT2D eigenvalue weighted by Crippen LogP contribution is 2.38. The maximum Gasteiger partial charge on any atom is 0.278 e. The summed E-state index contributed by atoms with van der Waals surface area (Å²) >= 11 is 5.95.